The predicted molar refractivity (Wildman–Crippen MR) is 86.5 cm³/mol. The zero-order valence-electron chi connectivity index (χ0n) is 12.1. The van der Waals surface area contributed by atoms with E-state index in [2.05, 4.69) is 5.32 Å². The lowest BCUT2D eigenvalue weighted by molar-refractivity contribution is -0.119. The van der Waals surface area contributed by atoms with Crippen LogP contribution in [0.3, 0.4) is 0 Å². The van der Waals surface area contributed by atoms with Gasteiger partial charge in [-0.1, -0.05) is 37.0 Å². The second kappa shape index (κ2) is 7.33. The van der Waals surface area contributed by atoms with Gasteiger partial charge in [-0.25, -0.2) is 8.42 Å². The Morgan fingerprint density at radius 3 is 2.48 bits per heavy atom. The van der Waals surface area contributed by atoms with Crippen molar-refractivity contribution in [2.45, 2.75) is 13.8 Å². The minimum absolute atomic E-state index is 0.186. The Kier molecular flexibility index (Phi) is 6.31. The molecule has 0 radical (unpaired) electrons. The summed E-state index contributed by atoms with van der Waals surface area (Å²) < 4.78 is 24.8. The Hall–Kier alpha value is -0.980. The summed E-state index contributed by atoms with van der Waals surface area (Å²) in [5.74, 6) is -0.124. The normalized spacial score (nSPS) is 11.5. The summed E-state index contributed by atoms with van der Waals surface area (Å²) in [6.07, 6.45) is 1.01. The summed E-state index contributed by atoms with van der Waals surface area (Å²) in [4.78, 5) is 11.9. The van der Waals surface area contributed by atoms with Gasteiger partial charge in [-0.05, 0) is 24.1 Å². The van der Waals surface area contributed by atoms with Crippen molar-refractivity contribution in [2.24, 2.45) is 5.92 Å². The van der Waals surface area contributed by atoms with Crippen LogP contribution in [0, 0.1) is 5.92 Å². The Balaban J connectivity index is 3.03. The van der Waals surface area contributed by atoms with Gasteiger partial charge in [-0.15, -0.1) is 0 Å². The van der Waals surface area contributed by atoms with Crippen molar-refractivity contribution in [1.82, 2.24) is 5.32 Å². The SMILES string of the molecule is CC(C)CNC(=O)CN(c1cc(Cl)ccc1Cl)S(C)(=O)=O. The third-order valence-corrected chi connectivity index (χ3v) is 4.25. The van der Waals surface area contributed by atoms with E-state index in [4.69, 9.17) is 23.2 Å². The van der Waals surface area contributed by atoms with Crippen molar-refractivity contribution in [2.75, 3.05) is 23.7 Å². The highest BCUT2D eigenvalue weighted by Crippen LogP contribution is 2.30. The van der Waals surface area contributed by atoms with Crippen LogP contribution in [0.15, 0.2) is 18.2 Å². The molecule has 0 fully saturated rings. The zero-order chi connectivity index (χ0) is 16.2. The van der Waals surface area contributed by atoms with Gasteiger partial charge in [0.25, 0.3) is 0 Å². The highest BCUT2D eigenvalue weighted by molar-refractivity contribution is 7.92. The number of carbonyl (C=O) groups is 1. The van der Waals surface area contributed by atoms with Gasteiger partial charge >= 0.3 is 0 Å². The number of hydrogen-bond acceptors (Lipinski definition) is 3. The summed E-state index contributed by atoms with van der Waals surface area (Å²) in [5.41, 5.74) is 0.186. The molecule has 1 amide bonds. The largest absolute Gasteiger partial charge is 0.354 e. The molecule has 21 heavy (non-hydrogen) atoms. The van der Waals surface area contributed by atoms with Crippen LogP contribution in [-0.4, -0.2) is 33.7 Å². The second-order valence-corrected chi connectivity index (χ2v) is 7.81. The topological polar surface area (TPSA) is 66.5 Å². The van der Waals surface area contributed by atoms with Crippen LogP contribution in [0.5, 0.6) is 0 Å². The molecule has 0 spiro atoms. The molecule has 0 atom stereocenters. The molecule has 0 bridgehead atoms. The first-order chi connectivity index (χ1) is 9.61. The minimum Gasteiger partial charge on any atom is -0.354 e. The van der Waals surface area contributed by atoms with Crippen LogP contribution in [0.1, 0.15) is 13.8 Å². The highest BCUT2D eigenvalue weighted by Gasteiger charge is 2.23. The maximum atomic E-state index is 11.9. The van der Waals surface area contributed by atoms with Gasteiger partial charge < -0.3 is 5.32 Å². The summed E-state index contributed by atoms with van der Waals surface area (Å²) in [6, 6.07) is 4.46. The van der Waals surface area contributed by atoms with E-state index in [9.17, 15) is 13.2 Å². The van der Waals surface area contributed by atoms with Crippen LogP contribution < -0.4 is 9.62 Å². The van der Waals surface area contributed by atoms with Gasteiger partial charge in [0.05, 0.1) is 17.0 Å². The molecule has 0 aliphatic rings. The fraction of sp³-hybridized carbons (Fsp3) is 0.462. The monoisotopic (exact) mass is 352 g/mol. The second-order valence-electron chi connectivity index (χ2n) is 5.06. The maximum Gasteiger partial charge on any atom is 0.240 e. The summed E-state index contributed by atoms with van der Waals surface area (Å²) in [5, 5.41) is 3.22. The lowest BCUT2D eigenvalue weighted by atomic mass is 10.2. The van der Waals surface area contributed by atoms with Crippen LogP contribution in [-0.2, 0) is 14.8 Å². The highest BCUT2D eigenvalue weighted by atomic mass is 35.5. The Morgan fingerprint density at radius 1 is 1.33 bits per heavy atom. The molecule has 8 heteroatoms. The fourth-order valence-corrected chi connectivity index (χ4v) is 2.86. The molecular formula is C13H18Cl2N2O3S. The van der Waals surface area contributed by atoms with Gasteiger partial charge in [0, 0.05) is 11.6 Å². The summed E-state index contributed by atoms with van der Waals surface area (Å²) >= 11 is 11.9. The lowest BCUT2D eigenvalue weighted by Crippen LogP contribution is -2.41. The Morgan fingerprint density at radius 2 is 1.95 bits per heavy atom. The first-order valence-electron chi connectivity index (χ1n) is 6.30. The number of halogens is 2. The molecule has 1 N–H and O–H groups in total. The molecule has 0 unspecified atom stereocenters. The molecule has 1 aromatic carbocycles. The number of hydrogen-bond donors (Lipinski definition) is 1. The molecule has 0 heterocycles. The van der Waals surface area contributed by atoms with Crippen molar-refractivity contribution in [3.05, 3.63) is 28.2 Å². The molecule has 1 rings (SSSR count). The van der Waals surface area contributed by atoms with Gasteiger partial charge in [0.2, 0.25) is 15.9 Å². The van der Waals surface area contributed by atoms with Crippen LogP contribution in [0.2, 0.25) is 10.0 Å². The van der Waals surface area contributed by atoms with Crippen LogP contribution >= 0.6 is 23.2 Å². The number of sulfonamides is 1. The number of amides is 1. The Bertz CT molecular complexity index is 618. The van der Waals surface area contributed by atoms with Crippen molar-refractivity contribution in [1.29, 1.82) is 0 Å². The van der Waals surface area contributed by atoms with Crippen LogP contribution in [0.25, 0.3) is 0 Å². The molecule has 0 saturated carbocycles. The number of rotatable bonds is 6. The maximum absolute atomic E-state index is 11.9. The first kappa shape index (κ1) is 18.1. The first-order valence-corrected chi connectivity index (χ1v) is 8.91. The smallest absolute Gasteiger partial charge is 0.240 e. The zero-order valence-corrected chi connectivity index (χ0v) is 14.4. The minimum atomic E-state index is -3.66. The molecule has 5 nitrogen and oxygen atoms in total. The van der Waals surface area contributed by atoms with E-state index in [0.717, 1.165) is 10.6 Å². The van der Waals surface area contributed by atoms with E-state index in [0.29, 0.717) is 11.6 Å². The van der Waals surface area contributed by atoms with Gasteiger partial charge in [0.1, 0.15) is 6.54 Å². The number of benzene rings is 1. The number of anilines is 1. The molecule has 0 saturated heterocycles. The molecule has 118 valence electrons. The van der Waals surface area contributed by atoms with Crippen molar-refractivity contribution >= 4 is 44.8 Å². The van der Waals surface area contributed by atoms with E-state index in [1.54, 1.807) is 6.07 Å². The van der Waals surface area contributed by atoms with Gasteiger partial charge in [-0.2, -0.15) is 0 Å². The molecule has 0 aliphatic carbocycles. The number of nitrogens with one attached hydrogen (secondary N) is 1. The molecule has 0 aromatic heterocycles. The predicted octanol–water partition coefficient (Wildman–Crippen LogP) is 2.53. The quantitative estimate of drug-likeness (QED) is 0.855. The number of carbonyl (C=O) groups excluding carboxylic acids is 1. The standard InChI is InChI=1S/C13H18Cl2N2O3S/c1-9(2)7-16-13(18)8-17(21(3,19)20)12-6-10(14)4-5-11(12)15/h4-6,9H,7-8H2,1-3H3,(H,16,18). The van der Waals surface area contributed by atoms with E-state index >= 15 is 0 Å². The third-order valence-electron chi connectivity index (χ3n) is 2.57. The van der Waals surface area contributed by atoms with E-state index in [1.807, 2.05) is 13.8 Å². The Labute approximate surface area is 135 Å². The van der Waals surface area contributed by atoms with E-state index in [1.165, 1.54) is 12.1 Å². The number of nitrogens with zero attached hydrogens (tertiary/aromatic N) is 1. The molecule has 0 aliphatic heterocycles. The summed E-state index contributed by atoms with van der Waals surface area (Å²) in [6.45, 7) is 4.02. The van der Waals surface area contributed by atoms with Crippen molar-refractivity contribution < 1.29 is 13.2 Å². The van der Waals surface area contributed by atoms with E-state index in [-0.39, 0.29) is 23.2 Å². The third kappa shape index (κ3) is 5.73. The fourth-order valence-electron chi connectivity index (χ4n) is 1.56. The lowest BCUT2D eigenvalue weighted by Gasteiger charge is -2.23. The van der Waals surface area contributed by atoms with Crippen molar-refractivity contribution in [3.63, 3.8) is 0 Å². The van der Waals surface area contributed by atoms with Gasteiger partial charge in [0.15, 0.2) is 0 Å². The average molecular weight is 353 g/mol. The van der Waals surface area contributed by atoms with Crippen molar-refractivity contribution in [3.8, 4) is 0 Å². The molecular weight excluding hydrogens is 335 g/mol. The van der Waals surface area contributed by atoms with Gasteiger partial charge in [-0.3, -0.25) is 9.10 Å². The summed E-state index contributed by atoms with van der Waals surface area (Å²) in [7, 11) is -3.66. The van der Waals surface area contributed by atoms with E-state index < -0.39 is 15.9 Å². The van der Waals surface area contributed by atoms with Crippen LogP contribution in [0.4, 0.5) is 5.69 Å². The average Bonchev–Trinajstić information content (AvgIpc) is 2.35. The molecule has 1 aromatic rings.